The Kier molecular flexibility index (Phi) is 6.22. The molecule has 1 N–H and O–H groups in total. The molecule has 1 aliphatic heterocycles. The first kappa shape index (κ1) is 23.8. The molecular weight excluding hydrogens is 497 g/mol. The first-order chi connectivity index (χ1) is 17.5. The molecule has 3 aromatic rings. The minimum Gasteiger partial charge on any atom is -0.478 e. The molecule has 6 rings (SSSR count). The van der Waals surface area contributed by atoms with Crippen molar-refractivity contribution >= 4 is 34.9 Å². The van der Waals surface area contributed by atoms with E-state index in [1.54, 1.807) is 12.1 Å². The molecule has 2 heterocycles. The third-order valence-electron chi connectivity index (χ3n) is 8.10. The van der Waals surface area contributed by atoms with Crippen molar-refractivity contribution in [2.75, 3.05) is 4.90 Å². The normalized spacial score (nSPS) is 25.0. The van der Waals surface area contributed by atoms with Crippen LogP contribution in [-0.4, -0.2) is 39.0 Å². The zero-order valence-corrected chi connectivity index (χ0v) is 21.6. The van der Waals surface area contributed by atoms with E-state index in [4.69, 9.17) is 27.9 Å². The quantitative estimate of drug-likeness (QED) is 0.353. The van der Waals surface area contributed by atoms with Crippen molar-refractivity contribution in [1.29, 1.82) is 0 Å². The third kappa shape index (κ3) is 4.09. The average Bonchev–Trinajstić information content (AvgIpc) is 3.36. The van der Waals surface area contributed by atoms with Crippen LogP contribution in [-0.2, 0) is 11.3 Å². The van der Waals surface area contributed by atoms with Gasteiger partial charge < -0.3 is 14.7 Å². The highest BCUT2D eigenvalue weighted by Gasteiger charge is 2.51. The van der Waals surface area contributed by atoms with Crippen LogP contribution in [0.4, 0.5) is 5.69 Å². The van der Waals surface area contributed by atoms with Crippen molar-refractivity contribution < 1.29 is 14.6 Å². The Bertz CT molecular complexity index is 1270. The highest BCUT2D eigenvalue weighted by Crippen LogP contribution is 2.48. The lowest BCUT2D eigenvalue weighted by Crippen LogP contribution is -2.46. The number of aromatic nitrogens is 2. The summed E-state index contributed by atoms with van der Waals surface area (Å²) in [5, 5.41) is 15.1. The van der Waals surface area contributed by atoms with E-state index < -0.39 is 5.97 Å². The number of hydrogen-bond acceptors (Lipinski definition) is 4. The maximum absolute atomic E-state index is 11.3. The number of carboxylic acids is 1. The van der Waals surface area contributed by atoms with E-state index in [1.165, 1.54) is 18.4 Å². The van der Waals surface area contributed by atoms with Gasteiger partial charge in [0.15, 0.2) is 0 Å². The van der Waals surface area contributed by atoms with E-state index in [-0.39, 0.29) is 6.10 Å². The van der Waals surface area contributed by atoms with Crippen molar-refractivity contribution in [3.63, 3.8) is 0 Å². The zero-order chi connectivity index (χ0) is 25.0. The molecule has 36 heavy (non-hydrogen) atoms. The number of carboxylic acid groups (broad SMARTS) is 1. The lowest BCUT2D eigenvalue weighted by molar-refractivity contribution is -0.000564. The van der Waals surface area contributed by atoms with E-state index in [9.17, 15) is 9.90 Å². The fraction of sp³-hybridized carbons (Fsp3) is 0.429. The predicted molar refractivity (Wildman–Crippen MR) is 141 cm³/mol. The van der Waals surface area contributed by atoms with E-state index in [2.05, 4.69) is 16.9 Å². The lowest BCUT2D eigenvalue weighted by Gasteiger charge is -2.40. The van der Waals surface area contributed by atoms with Crippen LogP contribution < -0.4 is 4.90 Å². The topological polar surface area (TPSA) is 67.6 Å². The number of rotatable bonds is 8. The molecule has 2 aromatic carbocycles. The molecule has 188 valence electrons. The van der Waals surface area contributed by atoms with Crippen LogP contribution in [0.15, 0.2) is 48.7 Å². The van der Waals surface area contributed by atoms with Crippen LogP contribution >= 0.6 is 23.2 Å². The summed E-state index contributed by atoms with van der Waals surface area (Å²) in [5.41, 5.74) is 4.41. The number of carbonyl (C=O) groups is 1. The number of piperidine rings is 1. The standard InChI is InChI=1S/C28H29Cl2N3O3/c1-2-24-20-12-19(32(24)18-10-8-17(9-11-18)28(34)35)13-26(20)36-15-25-21(16-6-7-16)14-31-33(25)27-22(29)4-3-5-23(27)30/h3-5,8-11,14,16,19-20,24,26H,2,6-7,12-13,15H2,1H3,(H,34,35)/t19-,20-,24+,26+/m0/s1. The van der Waals surface area contributed by atoms with Crippen molar-refractivity contribution in [2.24, 2.45) is 5.92 Å². The van der Waals surface area contributed by atoms with Crippen LogP contribution in [0, 0.1) is 5.92 Å². The number of nitrogens with zero attached hydrogens (tertiary/aromatic N) is 3. The highest BCUT2D eigenvalue weighted by atomic mass is 35.5. The molecule has 0 radical (unpaired) electrons. The number of hydrogen-bond donors (Lipinski definition) is 1. The van der Waals surface area contributed by atoms with Crippen molar-refractivity contribution in [1.82, 2.24) is 9.78 Å². The van der Waals surface area contributed by atoms with E-state index >= 15 is 0 Å². The molecule has 0 spiro atoms. The molecule has 8 heteroatoms. The molecule has 3 fully saturated rings. The highest BCUT2D eigenvalue weighted by molar-refractivity contribution is 6.37. The van der Waals surface area contributed by atoms with Crippen molar-refractivity contribution in [2.45, 2.75) is 69.7 Å². The van der Waals surface area contributed by atoms with Gasteiger partial charge in [-0.05, 0) is 80.0 Å². The Morgan fingerprint density at radius 3 is 2.47 bits per heavy atom. The Hall–Kier alpha value is -2.54. The lowest BCUT2D eigenvalue weighted by atomic mass is 9.93. The maximum Gasteiger partial charge on any atom is 0.335 e. The summed E-state index contributed by atoms with van der Waals surface area (Å²) < 4.78 is 8.53. The minimum atomic E-state index is -0.895. The molecule has 6 nitrogen and oxygen atoms in total. The van der Waals surface area contributed by atoms with Crippen LogP contribution in [0.5, 0.6) is 0 Å². The second kappa shape index (κ2) is 9.40. The largest absolute Gasteiger partial charge is 0.478 e. The Morgan fingerprint density at radius 2 is 1.83 bits per heavy atom. The van der Waals surface area contributed by atoms with Gasteiger partial charge in [0.1, 0.15) is 5.69 Å². The molecule has 2 aliphatic carbocycles. The van der Waals surface area contributed by atoms with Gasteiger partial charge in [0.05, 0.1) is 40.2 Å². The van der Waals surface area contributed by atoms with Crippen LogP contribution in [0.1, 0.15) is 66.6 Å². The van der Waals surface area contributed by atoms with E-state index in [0.29, 0.717) is 51.8 Å². The summed E-state index contributed by atoms with van der Waals surface area (Å²) in [6, 6.07) is 13.6. The molecule has 0 amide bonds. The SMILES string of the molecule is CC[C@@H]1[C@@H]2C[C@@H](C[C@H]2OCc2c(C3CC3)cnn2-c2c(Cl)cccc2Cl)N1c1ccc(C(=O)O)cc1. The first-order valence-electron chi connectivity index (χ1n) is 12.7. The van der Waals surface area contributed by atoms with Gasteiger partial charge in [-0.25, -0.2) is 9.48 Å². The second-order valence-corrected chi connectivity index (χ2v) is 11.0. The van der Waals surface area contributed by atoms with Crippen LogP contribution in [0.3, 0.4) is 0 Å². The molecule has 0 unspecified atom stereocenters. The molecular formula is C28H29Cl2N3O3. The van der Waals surface area contributed by atoms with Gasteiger partial charge in [0.2, 0.25) is 0 Å². The summed E-state index contributed by atoms with van der Waals surface area (Å²) in [6.07, 6.45) is 7.55. The molecule has 1 saturated heterocycles. The van der Waals surface area contributed by atoms with Crippen LogP contribution in [0.2, 0.25) is 10.0 Å². The number of aromatic carboxylic acids is 1. The van der Waals surface area contributed by atoms with Gasteiger partial charge in [0, 0.05) is 23.7 Å². The summed E-state index contributed by atoms with van der Waals surface area (Å²) >= 11 is 13.1. The third-order valence-corrected chi connectivity index (χ3v) is 8.71. The molecule has 4 atom stereocenters. The fourth-order valence-electron chi connectivity index (χ4n) is 6.32. The van der Waals surface area contributed by atoms with E-state index in [0.717, 1.165) is 30.6 Å². The molecule has 3 aliphatic rings. The zero-order valence-electron chi connectivity index (χ0n) is 20.1. The summed E-state index contributed by atoms with van der Waals surface area (Å²) in [5.74, 6) is 0.0722. The van der Waals surface area contributed by atoms with Crippen molar-refractivity contribution in [3.8, 4) is 5.69 Å². The Morgan fingerprint density at radius 1 is 1.11 bits per heavy atom. The summed E-state index contributed by atoms with van der Waals surface area (Å²) in [6.45, 7) is 2.70. The average molecular weight is 526 g/mol. The minimum absolute atomic E-state index is 0.173. The van der Waals surface area contributed by atoms with E-state index in [1.807, 2.05) is 41.2 Å². The number of halogens is 2. The molecule has 2 bridgehead atoms. The Labute approximate surface area is 220 Å². The van der Waals surface area contributed by atoms with Gasteiger partial charge in [-0.3, -0.25) is 0 Å². The number of para-hydroxylation sites is 1. The van der Waals surface area contributed by atoms with Gasteiger partial charge >= 0.3 is 5.97 Å². The maximum atomic E-state index is 11.3. The van der Waals surface area contributed by atoms with Gasteiger partial charge in [-0.15, -0.1) is 0 Å². The predicted octanol–water partition coefficient (Wildman–Crippen LogP) is 6.72. The molecule has 2 saturated carbocycles. The van der Waals surface area contributed by atoms with Gasteiger partial charge in [-0.2, -0.15) is 5.10 Å². The van der Waals surface area contributed by atoms with Crippen LogP contribution in [0.25, 0.3) is 5.69 Å². The summed E-state index contributed by atoms with van der Waals surface area (Å²) in [4.78, 5) is 13.8. The van der Waals surface area contributed by atoms with Crippen molar-refractivity contribution in [3.05, 3.63) is 75.5 Å². The summed E-state index contributed by atoms with van der Waals surface area (Å²) in [7, 11) is 0. The number of benzene rings is 2. The number of anilines is 1. The number of fused-ring (bicyclic) bond motifs is 2. The fourth-order valence-corrected chi connectivity index (χ4v) is 6.88. The van der Waals surface area contributed by atoms with Gasteiger partial charge in [-0.1, -0.05) is 36.2 Å². The Balaban J connectivity index is 1.22. The first-order valence-corrected chi connectivity index (χ1v) is 13.5. The monoisotopic (exact) mass is 525 g/mol. The second-order valence-electron chi connectivity index (χ2n) is 10.2. The van der Waals surface area contributed by atoms with Gasteiger partial charge in [0.25, 0.3) is 0 Å². The number of ether oxygens (including phenoxy) is 1. The molecule has 1 aromatic heterocycles. The smallest absolute Gasteiger partial charge is 0.335 e.